The number of benzene rings is 1. The Morgan fingerprint density at radius 1 is 1.32 bits per heavy atom. The number of hydrazine groups is 1. The molecule has 0 saturated carbocycles. The van der Waals surface area contributed by atoms with Gasteiger partial charge in [-0.05, 0) is 24.5 Å². The molecule has 1 amide bonds. The highest BCUT2D eigenvalue weighted by atomic mass is 16.2. The van der Waals surface area contributed by atoms with Gasteiger partial charge in [-0.25, -0.2) is 5.43 Å². The summed E-state index contributed by atoms with van der Waals surface area (Å²) in [6.45, 7) is 2.77. The lowest BCUT2D eigenvalue weighted by atomic mass is 10.0. The summed E-state index contributed by atoms with van der Waals surface area (Å²) in [5.41, 5.74) is 9.54. The third-order valence-corrected chi connectivity index (χ3v) is 4.68. The van der Waals surface area contributed by atoms with Crippen molar-refractivity contribution in [2.45, 2.75) is 38.3 Å². The van der Waals surface area contributed by atoms with E-state index in [0.29, 0.717) is 12.2 Å². The summed E-state index contributed by atoms with van der Waals surface area (Å²) in [6.07, 6.45) is 2.88. The Labute approximate surface area is 149 Å². The molecule has 1 saturated heterocycles. The van der Waals surface area contributed by atoms with E-state index >= 15 is 0 Å². The van der Waals surface area contributed by atoms with Gasteiger partial charge < -0.3 is 4.90 Å². The van der Waals surface area contributed by atoms with Gasteiger partial charge in [0.15, 0.2) is 0 Å². The molecule has 6 nitrogen and oxygen atoms in total. The van der Waals surface area contributed by atoms with Crippen molar-refractivity contribution in [2.75, 3.05) is 13.6 Å². The van der Waals surface area contributed by atoms with Crippen LogP contribution in [0.1, 0.15) is 47.6 Å². The Morgan fingerprint density at radius 3 is 2.80 bits per heavy atom. The highest BCUT2D eigenvalue weighted by Gasteiger charge is 2.27. The van der Waals surface area contributed by atoms with Crippen LogP contribution in [0.15, 0.2) is 36.4 Å². The molecule has 1 aromatic carbocycles. The van der Waals surface area contributed by atoms with E-state index in [2.05, 4.69) is 47.1 Å². The topological polar surface area (TPSA) is 62.2 Å². The van der Waals surface area contributed by atoms with Crippen LogP contribution in [0.5, 0.6) is 0 Å². The van der Waals surface area contributed by atoms with Crippen molar-refractivity contribution in [3.05, 3.63) is 53.3 Å². The molecule has 2 heterocycles. The SMILES string of the molecule is CCCc1cc(C(=O)N(C)CC2CC(c3ccccc3)NN2)n(C)n1. The van der Waals surface area contributed by atoms with Gasteiger partial charge >= 0.3 is 0 Å². The van der Waals surface area contributed by atoms with Gasteiger partial charge in [0.25, 0.3) is 5.91 Å². The zero-order chi connectivity index (χ0) is 17.8. The molecule has 2 unspecified atom stereocenters. The molecule has 2 aromatic rings. The second-order valence-corrected chi connectivity index (χ2v) is 6.76. The number of rotatable bonds is 6. The number of carbonyl (C=O) groups is 1. The van der Waals surface area contributed by atoms with Gasteiger partial charge in [0.05, 0.1) is 5.69 Å². The van der Waals surface area contributed by atoms with Crippen LogP contribution in [0.4, 0.5) is 0 Å². The van der Waals surface area contributed by atoms with Crippen molar-refractivity contribution in [1.29, 1.82) is 0 Å². The molecule has 0 radical (unpaired) electrons. The van der Waals surface area contributed by atoms with Crippen LogP contribution < -0.4 is 10.9 Å². The molecular weight excluding hydrogens is 314 g/mol. The first-order valence-electron chi connectivity index (χ1n) is 8.93. The van der Waals surface area contributed by atoms with Gasteiger partial charge in [-0.2, -0.15) is 5.10 Å². The summed E-state index contributed by atoms with van der Waals surface area (Å²) < 4.78 is 1.69. The van der Waals surface area contributed by atoms with Crippen LogP contribution in [-0.2, 0) is 13.5 Å². The molecular formula is C19H27N5O. The second kappa shape index (κ2) is 7.80. The molecule has 1 fully saturated rings. The zero-order valence-corrected chi connectivity index (χ0v) is 15.2. The maximum Gasteiger partial charge on any atom is 0.271 e. The predicted octanol–water partition coefficient (Wildman–Crippen LogP) is 2.05. The van der Waals surface area contributed by atoms with Gasteiger partial charge in [-0.15, -0.1) is 0 Å². The zero-order valence-electron chi connectivity index (χ0n) is 15.2. The van der Waals surface area contributed by atoms with Crippen LogP contribution in [0.3, 0.4) is 0 Å². The number of amides is 1. The smallest absolute Gasteiger partial charge is 0.271 e. The van der Waals surface area contributed by atoms with Crippen molar-refractivity contribution in [2.24, 2.45) is 7.05 Å². The molecule has 1 aliphatic heterocycles. The van der Waals surface area contributed by atoms with Gasteiger partial charge in [0, 0.05) is 32.7 Å². The number of nitrogens with one attached hydrogen (secondary N) is 2. The van der Waals surface area contributed by atoms with Crippen molar-refractivity contribution in [1.82, 2.24) is 25.5 Å². The maximum absolute atomic E-state index is 12.7. The first kappa shape index (κ1) is 17.6. The minimum Gasteiger partial charge on any atom is -0.339 e. The first-order chi connectivity index (χ1) is 12.1. The van der Waals surface area contributed by atoms with E-state index in [1.165, 1.54) is 5.56 Å². The number of likely N-dealkylation sites (N-methyl/N-ethyl adjacent to an activating group) is 1. The van der Waals surface area contributed by atoms with Gasteiger partial charge in [0.1, 0.15) is 5.69 Å². The lowest BCUT2D eigenvalue weighted by molar-refractivity contribution is 0.0772. The minimum atomic E-state index is 0.0160. The number of carbonyl (C=O) groups excluding carboxylic acids is 1. The third kappa shape index (κ3) is 4.08. The van der Waals surface area contributed by atoms with Gasteiger partial charge in [-0.3, -0.25) is 14.9 Å². The molecule has 134 valence electrons. The molecule has 1 aliphatic rings. The Kier molecular flexibility index (Phi) is 5.50. The van der Waals surface area contributed by atoms with Crippen molar-refractivity contribution < 1.29 is 4.79 Å². The normalized spacial score (nSPS) is 20.0. The summed E-state index contributed by atoms with van der Waals surface area (Å²) in [4.78, 5) is 14.5. The Bertz CT molecular complexity index is 712. The van der Waals surface area contributed by atoms with Crippen molar-refractivity contribution in [3.8, 4) is 0 Å². The third-order valence-electron chi connectivity index (χ3n) is 4.68. The summed E-state index contributed by atoms with van der Waals surface area (Å²) in [5, 5.41) is 4.43. The number of hydrogen-bond acceptors (Lipinski definition) is 4. The Balaban J connectivity index is 1.59. The lowest BCUT2D eigenvalue weighted by Crippen LogP contribution is -2.41. The number of aromatic nitrogens is 2. The monoisotopic (exact) mass is 341 g/mol. The largest absolute Gasteiger partial charge is 0.339 e. The molecule has 0 spiro atoms. The lowest BCUT2D eigenvalue weighted by Gasteiger charge is -2.21. The molecule has 6 heteroatoms. The highest BCUT2D eigenvalue weighted by molar-refractivity contribution is 5.92. The van der Waals surface area contributed by atoms with E-state index in [-0.39, 0.29) is 18.0 Å². The van der Waals surface area contributed by atoms with Crippen LogP contribution >= 0.6 is 0 Å². The molecule has 3 rings (SSSR count). The van der Waals surface area contributed by atoms with E-state index < -0.39 is 0 Å². The number of nitrogens with zero attached hydrogens (tertiary/aromatic N) is 3. The summed E-state index contributed by atoms with van der Waals surface area (Å²) in [5.74, 6) is 0.0160. The second-order valence-electron chi connectivity index (χ2n) is 6.76. The van der Waals surface area contributed by atoms with Crippen LogP contribution in [-0.4, -0.2) is 40.2 Å². The van der Waals surface area contributed by atoms with E-state index in [1.54, 1.807) is 9.58 Å². The summed E-state index contributed by atoms with van der Waals surface area (Å²) >= 11 is 0. The van der Waals surface area contributed by atoms with E-state index in [4.69, 9.17) is 0 Å². The van der Waals surface area contributed by atoms with Crippen LogP contribution in [0, 0.1) is 0 Å². The number of aryl methyl sites for hydroxylation is 2. The Hall–Kier alpha value is -2.18. The number of hydrogen-bond donors (Lipinski definition) is 2. The van der Waals surface area contributed by atoms with Gasteiger partial charge in [-0.1, -0.05) is 43.7 Å². The van der Waals surface area contributed by atoms with Crippen molar-refractivity contribution in [3.63, 3.8) is 0 Å². The molecule has 25 heavy (non-hydrogen) atoms. The molecule has 2 atom stereocenters. The quantitative estimate of drug-likeness (QED) is 0.844. The molecule has 0 bridgehead atoms. The highest BCUT2D eigenvalue weighted by Crippen LogP contribution is 2.22. The Morgan fingerprint density at radius 2 is 2.08 bits per heavy atom. The standard InChI is InChI=1S/C19H27N5O/c1-4-8-15-12-18(24(3)22-15)19(25)23(2)13-16-11-17(21-20-16)14-9-6-5-7-10-14/h5-7,9-10,12,16-17,20-21H,4,8,11,13H2,1-3H3. The first-order valence-corrected chi connectivity index (χ1v) is 8.93. The fraction of sp³-hybridized carbons (Fsp3) is 0.474. The molecule has 0 aliphatic carbocycles. The fourth-order valence-corrected chi connectivity index (χ4v) is 3.36. The van der Waals surface area contributed by atoms with Crippen LogP contribution in [0.2, 0.25) is 0 Å². The fourth-order valence-electron chi connectivity index (χ4n) is 3.36. The average molecular weight is 341 g/mol. The summed E-state index contributed by atoms with van der Waals surface area (Å²) in [7, 11) is 3.69. The van der Waals surface area contributed by atoms with E-state index in [9.17, 15) is 4.79 Å². The maximum atomic E-state index is 12.7. The van der Waals surface area contributed by atoms with Crippen LogP contribution in [0.25, 0.3) is 0 Å². The average Bonchev–Trinajstić information content (AvgIpc) is 3.22. The predicted molar refractivity (Wildman–Crippen MR) is 98.0 cm³/mol. The van der Waals surface area contributed by atoms with Crippen molar-refractivity contribution >= 4 is 5.91 Å². The van der Waals surface area contributed by atoms with Gasteiger partial charge in [0.2, 0.25) is 0 Å². The van der Waals surface area contributed by atoms with E-state index in [1.807, 2.05) is 26.2 Å². The molecule has 1 aromatic heterocycles. The summed E-state index contributed by atoms with van der Waals surface area (Å²) in [6, 6.07) is 12.8. The van der Waals surface area contributed by atoms with E-state index in [0.717, 1.165) is 25.0 Å². The molecule has 2 N–H and O–H groups in total. The minimum absolute atomic E-state index is 0.0160.